The van der Waals surface area contributed by atoms with Crippen LogP contribution in [0.1, 0.15) is 63.7 Å². The van der Waals surface area contributed by atoms with Crippen molar-refractivity contribution in [2.75, 3.05) is 13.1 Å². The Hall–Kier alpha value is -2.40. The Balaban J connectivity index is 1.61. The number of rotatable bonds is 2. The fraction of sp³-hybridized carbons (Fsp3) is 0.429. The zero-order chi connectivity index (χ0) is 18.3. The summed E-state index contributed by atoms with van der Waals surface area (Å²) in [5.74, 6) is 0.916. The lowest BCUT2D eigenvalue weighted by molar-refractivity contribution is -0.0697. The Bertz CT molecular complexity index is 839. The van der Waals surface area contributed by atoms with Crippen molar-refractivity contribution in [1.82, 2.24) is 4.90 Å². The van der Waals surface area contributed by atoms with Gasteiger partial charge in [-0.2, -0.15) is 0 Å². The van der Waals surface area contributed by atoms with Gasteiger partial charge < -0.3 is 14.1 Å². The van der Waals surface area contributed by atoms with Crippen molar-refractivity contribution in [2.24, 2.45) is 0 Å². The van der Waals surface area contributed by atoms with Crippen LogP contribution < -0.4 is 0 Å². The van der Waals surface area contributed by atoms with E-state index in [9.17, 15) is 9.59 Å². The summed E-state index contributed by atoms with van der Waals surface area (Å²) in [6.45, 7) is 4.78. The molecular weight excluding hydrogens is 330 g/mol. The van der Waals surface area contributed by atoms with Crippen LogP contribution in [0, 0.1) is 6.92 Å². The fourth-order valence-electron chi connectivity index (χ4n) is 3.97. The Morgan fingerprint density at radius 3 is 2.65 bits per heavy atom. The third kappa shape index (κ3) is 2.97. The number of benzene rings is 1. The maximum absolute atomic E-state index is 13.1. The highest BCUT2D eigenvalue weighted by atomic mass is 16.5. The maximum atomic E-state index is 13.1. The molecule has 1 aliphatic heterocycles. The Kier molecular flexibility index (Phi) is 4.41. The van der Waals surface area contributed by atoms with Crippen molar-refractivity contribution in [3.05, 3.63) is 58.5 Å². The second-order valence-corrected chi connectivity index (χ2v) is 7.19. The molecule has 5 heteroatoms. The lowest BCUT2D eigenvalue weighted by atomic mass is 9.94. The molecular formula is C21H23NO4. The van der Waals surface area contributed by atoms with Crippen molar-refractivity contribution in [1.29, 1.82) is 0 Å². The summed E-state index contributed by atoms with van der Waals surface area (Å²) in [5.41, 5.74) is 2.37. The average molecular weight is 353 g/mol. The summed E-state index contributed by atoms with van der Waals surface area (Å²) < 4.78 is 11.9. The van der Waals surface area contributed by atoms with Gasteiger partial charge >= 0.3 is 0 Å². The molecule has 2 aromatic rings. The van der Waals surface area contributed by atoms with E-state index >= 15 is 0 Å². The number of Topliss-reactive ketones (excluding diaryl/α,β-unsaturated/α-hetero) is 1. The highest BCUT2D eigenvalue weighted by Crippen LogP contribution is 2.32. The molecule has 0 unspecified atom stereocenters. The number of carbonyl (C=O) groups is 2. The molecule has 0 saturated carbocycles. The van der Waals surface area contributed by atoms with Gasteiger partial charge in [-0.15, -0.1) is 0 Å². The third-order valence-corrected chi connectivity index (χ3v) is 5.22. The van der Waals surface area contributed by atoms with Gasteiger partial charge in [0.15, 0.2) is 11.5 Å². The van der Waals surface area contributed by atoms with Crippen molar-refractivity contribution < 1.29 is 18.7 Å². The fourth-order valence-corrected chi connectivity index (χ4v) is 3.97. The smallest absolute Gasteiger partial charge is 0.290 e. The molecule has 26 heavy (non-hydrogen) atoms. The molecule has 0 radical (unpaired) electrons. The topological polar surface area (TPSA) is 59.8 Å². The number of nitrogens with zero attached hydrogens (tertiary/aromatic N) is 1. The van der Waals surface area contributed by atoms with E-state index in [-0.39, 0.29) is 23.9 Å². The predicted molar refractivity (Wildman–Crippen MR) is 96.3 cm³/mol. The number of hydrogen-bond donors (Lipinski definition) is 0. The zero-order valence-electron chi connectivity index (χ0n) is 15.2. The van der Waals surface area contributed by atoms with Crippen molar-refractivity contribution in [3.8, 4) is 0 Å². The molecule has 1 aliphatic carbocycles. The van der Waals surface area contributed by atoms with Crippen LogP contribution in [0.3, 0.4) is 0 Å². The molecule has 2 aliphatic rings. The van der Waals surface area contributed by atoms with Crippen LogP contribution in [0.15, 0.2) is 34.7 Å². The van der Waals surface area contributed by atoms with Crippen molar-refractivity contribution in [3.63, 3.8) is 0 Å². The third-order valence-electron chi connectivity index (χ3n) is 5.22. The number of ether oxygens (including phenoxy) is 1. The summed E-state index contributed by atoms with van der Waals surface area (Å²) in [6.07, 6.45) is 1.82. The van der Waals surface area contributed by atoms with Gasteiger partial charge in [-0.1, -0.05) is 30.3 Å². The standard InChI is InChI=1S/C21H23NO4/c1-13-11-22(12-18(25-13)15-7-4-3-5-8-15)21(24)20-14(2)19-16(23)9-6-10-17(19)26-20/h3-5,7-8,13,18H,6,9-12H2,1-2H3/t13-,18+/m0/s1. The van der Waals surface area contributed by atoms with Crippen LogP contribution in [-0.4, -0.2) is 35.8 Å². The highest BCUT2D eigenvalue weighted by Gasteiger charge is 2.34. The number of carbonyl (C=O) groups excluding carboxylic acids is 2. The van der Waals surface area contributed by atoms with Crippen molar-refractivity contribution >= 4 is 11.7 Å². The molecule has 0 bridgehead atoms. The second-order valence-electron chi connectivity index (χ2n) is 7.19. The van der Waals surface area contributed by atoms with E-state index in [1.54, 1.807) is 4.90 Å². The van der Waals surface area contributed by atoms with E-state index in [2.05, 4.69) is 0 Å². The Labute approximate surface area is 152 Å². The zero-order valence-corrected chi connectivity index (χ0v) is 15.2. The van der Waals surface area contributed by atoms with Gasteiger partial charge in [0.05, 0.1) is 18.2 Å². The monoisotopic (exact) mass is 353 g/mol. The molecule has 1 aromatic heterocycles. The van der Waals surface area contributed by atoms with Gasteiger partial charge in [0.1, 0.15) is 11.9 Å². The lowest BCUT2D eigenvalue weighted by Gasteiger charge is -2.36. The summed E-state index contributed by atoms with van der Waals surface area (Å²) in [5, 5.41) is 0. The molecule has 1 amide bonds. The van der Waals surface area contributed by atoms with Crippen LogP contribution in [0.4, 0.5) is 0 Å². The van der Waals surface area contributed by atoms with Gasteiger partial charge in [0.2, 0.25) is 0 Å². The minimum atomic E-state index is -0.157. The maximum Gasteiger partial charge on any atom is 0.290 e. The Morgan fingerprint density at radius 1 is 1.15 bits per heavy atom. The van der Waals surface area contributed by atoms with Gasteiger partial charge in [-0.25, -0.2) is 0 Å². The number of ketones is 1. The summed E-state index contributed by atoms with van der Waals surface area (Å²) in [6, 6.07) is 9.94. The number of hydrogen-bond acceptors (Lipinski definition) is 4. The summed E-state index contributed by atoms with van der Waals surface area (Å²) in [4.78, 5) is 27.1. The van der Waals surface area contributed by atoms with E-state index in [0.29, 0.717) is 42.2 Å². The van der Waals surface area contributed by atoms with Crippen LogP contribution >= 0.6 is 0 Å². The average Bonchev–Trinajstić information content (AvgIpc) is 2.99. The number of morpholine rings is 1. The van der Waals surface area contributed by atoms with Crippen LogP contribution in [0.5, 0.6) is 0 Å². The van der Waals surface area contributed by atoms with E-state index in [1.807, 2.05) is 44.2 Å². The number of aryl methyl sites for hydroxylation is 1. The molecule has 0 spiro atoms. The first-order valence-electron chi connectivity index (χ1n) is 9.19. The van der Waals surface area contributed by atoms with Gasteiger partial charge in [-0.3, -0.25) is 9.59 Å². The van der Waals surface area contributed by atoms with Crippen molar-refractivity contribution in [2.45, 2.75) is 45.3 Å². The molecule has 0 N–H and O–H groups in total. The van der Waals surface area contributed by atoms with E-state index in [4.69, 9.17) is 9.15 Å². The minimum absolute atomic E-state index is 0.0653. The summed E-state index contributed by atoms with van der Waals surface area (Å²) >= 11 is 0. The first-order valence-corrected chi connectivity index (χ1v) is 9.19. The predicted octanol–water partition coefficient (Wildman–Crippen LogP) is 3.71. The largest absolute Gasteiger partial charge is 0.455 e. The first kappa shape index (κ1) is 17.0. The summed E-state index contributed by atoms with van der Waals surface area (Å²) in [7, 11) is 0. The Morgan fingerprint density at radius 2 is 1.92 bits per heavy atom. The quantitative estimate of drug-likeness (QED) is 0.826. The van der Waals surface area contributed by atoms with Crippen LogP contribution in [0.25, 0.3) is 0 Å². The van der Waals surface area contributed by atoms with Crippen LogP contribution in [0.2, 0.25) is 0 Å². The molecule has 2 heterocycles. The van der Waals surface area contributed by atoms with E-state index in [1.165, 1.54) is 0 Å². The molecule has 1 saturated heterocycles. The first-order chi connectivity index (χ1) is 12.5. The second kappa shape index (κ2) is 6.72. The number of amides is 1. The van der Waals surface area contributed by atoms with Crippen LogP contribution in [-0.2, 0) is 11.2 Å². The lowest BCUT2D eigenvalue weighted by Crippen LogP contribution is -2.46. The number of furan rings is 1. The minimum Gasteiger partial charge on any atom is -0.455 e. The number of fused-ring (bicyclic) bond motifs is 1. The van der Waals surface area contributed by atoms with Gasteiger partial charge in [0.25, 0.3) is 5.91 Å². The molecule has 2 atom stereocenters. The van der Waals surface area contributed by atoms with Gasteiger partial charge in [0, 0.05) is 24.9 Å². The van der Waals surface area contributed by atoms with E-state index in [0.717, 1.165) is 18.4 Å². The van der Waals surface area contributed by atoms with Gasteiger partial charge in [-0.05, 0) is 25.8 Å². The molecule has 4 rings (SSSR count). The molecule has 136 valence electrons. The molecule has 1 aromatic carbocycles. The molecule has 5 nitrogen and oxygen atoms in total. The van der Waals surface area contributed by atoms with E-state index < -0.39 is 0 Å². The normalized spacial score (nSPS) is 23.0. The highest BCUT2D eigenvalue weighted by molar-refractivity contribution is 6.03. The molecule has 1 fully saturated rings. The SMILES string of the molecule is Cc1c(C(=O)N2C[C@H](C)O[C@@H](c3ccccc3)C2)oc2c1C(=O)CCC2.